The monoisotopic (exact) mass is 457 g/mol. The molecular formula is C26H31N7O. The second-order valence-electron chi connectivity index (χ2n) is 8.04. The summed E-state index contributed by atoms with van der Waals surface area (Å²) in [5.74, 6) is 0.424. The van der Waals surface area contributed by atoms with E-state index in [-0.39, 0.29) is 5.56 Å². The molecule has 176 valence electrons. The highest BCUT2D eigenvalue weighted by molar-refractivity contribution is 5.77. The maximum atomic E-state index is 12.7. The topological polar surface area (TPSA) is 92.3 Å². The van der Waals surface area contributed by atoms with Gasteiger partial charge in [0.05, 0.1) is 5.69 Å². The summed E-state index contributed by atoms with van der Waals surface area (Å²) in [5.41, 5.74) is 9.62. The Labute approximate surface area is 199 Å². The van der Waals surface area contributed by atoms with Gasteiger partial charge in [-0.15, -0.1) is 0 Å². The van der Waals surface area contributed by atoms with E-state index in [1.165, 1.54) is 11.8 Å². The minimum atomic E-state index is -0.177. The molecule has 4 aromatic rings. The van der Waals surface area contributed by atoms with E-state index < -0.39 is 0 Å². The van der Waals surface area contributed by atoms with E-state index in [4.69, 9.17) is 5.73 Å². The summed E-state index contributed by atoms with van der Waals surface area (Å²) >= 11 is 0. The zero-order valence-electron chi connectivity index (χ0n) is 19.9. The average Bonchev–Trinajstić information content (AvgIpc) is 2.86. The molecule has 8 nitrogen and oxygen atoms in total. The Hall–Kier alpha value is -3.91. The third-order valence-electron chi connectivity index (χ3n) is 5.75. The van der Waals surface area contributed by atoms with E-state index in [2.05, 4.69) is 44.3 Å². The number of pyridine rings is 1. The van der Waals surface area contributed by atoms with Crippen LogP contribution in [-0.4, -0.2) is 52.7 Å². The Morgan fingerprint density at radius 2 is 1.65 bits per heavy atom. The Morgan fingerprint density at radius 3 is 2.35 bits per heavy atom. The van der Waals surface area contributed by atoms with Crippen LogP contribution in [0.5, 0.6) is 0 Å². The van der Waals surface area contributed by atoms with Crippen LogP contribution < -0.4 is 21.5 Å². The summed E-state index contributed by atoms with van der Waals surface area (Å²) in [6.45, 7) is 8.19. The predicted molar refractivity (Wildman–Crippen MR) is 140 cm³/mol. The number of fused-ring (bicyclic) bond motifs is 1. The smallest absolute Gasteiger partial charge is 0.256 e. The number of likely N-dealkylation sites (N-methyl/N-ethyl adjacent to an activating group) is 1. The van der Waals surface area contributed by atoms with Gasteiger partial charge >= 0.3 is 0 Å². The third kappa shape index (κ3) is 5.02. The van der Waals surface area contributed by atoms with Gasteiger partial charge < -0.3 is 20.9 Å². The first-order valence-corrected chi connectivity index (χ1v) is 11.6. The van der Waals surface area contributed by atoms with E-state index in [0.29, 0.717) is 23.0 Å². The number of nitrogens with zero attached hydrogens (tertiary/aromatic N) is 5. The second-order valence-corrected chi connectivity index (χ2v) is 8.04. The fourth-order valence-corrected chi connectivity index (χ4v) is 3.94. The quantitative estimate of drug-likeness (QED) is 0.449. The molecule has 34 heavy (non-hydrogen) atoms. The number of hydrogen-bond acceptors (Lipinski definition) is 7. The number of aromatic nitrogens is 3. The molecule has 0 spiro atoms. The van der Waals surface area contributed by atoms with Gasteiger partial charge in [0.15, 0.2) is 5.65 Å². The highest BCUT2D eigenvalue weighted by Gasteiger charge is 2.14. The van der Waals surface area contributed by atoms with Crippen LogP contribution >= 0.6 is 0 Å². The van der Waals surface area contributed by atoms with E-state index in [0.717, 1.165) is 37.3 Å². The van der Waals surface area contributed by atoms with Crippen LogP contribution in [0.3, 0.4) is 0 Å². The van der Waals surface area contributed by atoms with Crippen molar-refractivity contribution in [3.63, 3.8) is 0 Å². The summed E-state index contributed by atoms with van der Waals surface area (Å²) in [4.78, 5) is 26.5. The van der Waals surface area contributed by atoms with Gasteiger partial charge in [0.2, 0.25) is 5.95 Å². The molecule has 2 aromatic heterocycles. The number of nitrogen functional groups attached to an aromatic ring is 1. The van der Waals surface area contributed by atoms with Gasteiger partial charge in [-0.25, -0.2) is 4.98 Å². The summed E-state index contributed by atoms with van der Waals surface area (Å²) < 4.78 is 1.55. The van der Waals surface area contributed by atoms with Crippen molar-refractivity contribution in [2.75, 3.05) is 49.2 Å². The van der Waals surface area contributed by atoms with Gasteiger partial charge in [-0.05, 0) is 55.6 Å². The summed E-state index contributed by atoms with van der Waals surface area (Å²) in [6.07, 6.45) is 1.71. The first-order valence-electron chi connectivity index (χ1n) is 11.6. The molecule has 0 amide bonds. The van der Waals surface area contributed by atoms with E-state index in [1.54, 1.807) is 29.0 Å². The van der Waals surface area contributed by atoms with Crippen molar-refractivity contribution >= 4 is 34.0 Å². The van der Waals surface area contributed by atoms with Crippen molar-refractivity contribution in [2.45, 2.75) is 13.8 Å². The van der Waals surface area contributed by atoms with Gasteiger partial charge in [-0.3, -0.25) is 9.36 Å². The molecular weight excluding hydrogens is 426 g/mol. The minimum absolute atomic E-state index is 0.177. The van der Waals surface area contributed by atoms with Gasteiger partial charge in [0.1, 0.15) is 0 Å². The molecule has 5 rings (SSSR count). The SMILES string of the molecule is CC.CN1CCN(c2ccc(Nc3ncc4ccc(=O)n(-c5cccc(N)c5)c4n3)cc2)CC1. The number of rotatable bonds is 4. The highest BCUT2D eigenvalue weighted by atomic mass is 16.1. The van der Waals surface area contributed by atoms with Crippen LogP contribution in [0.1, 0.15) is 13.8 Å². The van der Waals surface area contributed by atoms with Crippen LogP contribution in [-0.2, 0) is 0 Å². The predicted octanol–water partition coefficient (Wildman–Crippen LogP) is 3.88. The van der Waals surface area contributed by atoms with Crippen LogP contribution in [0.25, 0.3) is 16.7 Å². The average molecular weight is 458 g/mol. The molecule has 1 aliphatic heterocycles. The van der Waals surface area contributed by atoms with E-state index >= 15 is 0 Å². The van der Waals surface area contributed by atoms with Gasteiger partial charge in [0.25, 0.3) is 5.56 Å². The molecule has 2 aromatic carbocycles. The molecule has 1 saturated heterocycles. The molecule has 1 fully saturated rings. The lowest BCUT2D eigenvalue weighted by Crippen LogP contribution is -2.44. The molecule has 0 radical (unpaired) electrons. The third-order valence-corrected chi connectivity index (χ3v) is 5.75. The normalized spacial score (nSPS) is 13.9. The van der Waals surface area contributed by atoms with Crippen molar-refractivity contribution in [3.05, 3.63) is 77.2 Å². The Kier molecular flexibility index (Phi) is 7.08. The second kappa shape index (κ2) is 10.4. The molecule has 3 heterocycles. The Balaban J connectivity index is 0.00000133. The number of benzene rings is 2. The van der Waals surface area contributed by atoms with Gasteiger partial charge in [0, 0.05) is 60.9 Å². The fraction of sp³-hybridized carbons (Fsp3) is 0.269. The van der Waals surface area contributed by atoms with Crippen molar-refractivity contribution in [2.24, 2.45) is 0 Å². The van der Waals surface area contributed by atoms with Crippen molar-refractivity contribution in [3.8, 4) is 5.69 Å². The van der Waals surface area contributed by atoms with Crippen LogP contribution in [0.15, 0.2) is 71.7 Å². The zero-order chi connectivity index (χ0) is 24.1. The number of nitrogens with one attached hydrogen (secondary N) is 1. The van der Waals surface area contributed by atoms with Gasteiger partial charge in [-0.1, -0.05) is 19.9 Å². The molecule has 0 atom stereocenters. The van der Waals surface area contributed by atoms with Gasteiger partial charge in [-0.2, -0.15) is 4.98 Å². The summed E-state index contributed by atoms with van der Waals surface area (Å²) in [6, 6.07) is 18.7. The molecule has 1 aliphatic rings. The van der Waals surface area contributed by atoms with Crippen LogP contribution in [0.4, 0.5) is 23.0 Å². The van der Waals surface area contributed by atoms with Crippen molar-refractivity contribution in [1.82, 2.24) is 19.4 Å². The van der Waals surface area contributed by atoms with Crippen molar-refractivity contribution < 1.29 is 0 Å². The summed E-state index contributed by atoms with van der Waals surface area (Å²) in [5, 5.41) is 4.02. The Morgan fingerprint density at radius 1 is 0.912 bits per heavy atom. The molecule has 0 unspecified atom stereocenters. The summed E-state index contributed by atoms with van der Waals surface area (Å²) in [7, 11) is 2.15. The largest absolute Gasteiger partial charge is 0.399 e. The van der Waals surface area contributed by atoms with Crippen molar-refractivity contribution in [1.29, 1.82) is 0 Å². The molecule has 0 saturated carbocycles. The first kappa shape index (κ1) is 23.3. The lowest BCUT2D eigenvalue weighted by atomic mass is 10.2. The number of nitrogens with two attached hydrogens (primary N) is 1. The fourth-order valence-electron chi connectivity index (χ4n) is 3.94. The minimum Gasteiger partial charge on any atom is -0.399 e. The van der Waals surface area contributed by atoms with E-state index in [9.17, 15) is 4.79 Å². The maximum Gasteiger partial charge on any atom is 0.256 e. The lowest BCUT2D eigenvalue weighted by Gasteiger charge is -2.34. The molecule has 0 bridgehead atoms. The number of piperazine rings is 1. The molecule has 8 heteroatoms. The highest BCUT2D eigenvalue weighted by Crippen LogP contribution is 2.22. The maximum absolute atomic E-state index is 12.7. The zero-order valence-corrected chi connectivity index (χ0v) is 19.9. The standard InChI is InChI=1S/C24H25N7O.C2H6/c1-29-11-13-30(14-12-29)20-8-6-19(7-9-20)27-24-26-16-17-5-10-22(32)31(23(17)28-24)21-4-2-3-18(25)15-21;1-2/h2-10,15-16H,11-14,25H2,1H3,(H,26,27,28);1-2H3. The number of hydrogen-bond donors (Lipinski definition) is 2. The van der Waals surface area contributed by atoms with Crippen LogP contribution in [0, 0.1) is 0 Å². The van der Waals surface area contributed by atoms with Crippen LogP contribution in [0.2, 0.25) is 0 Å². The number of anilines is 4. The Bertz CT molecular complexity index is 1310. The molecule has 0 aliphatic carbocycles. The van der Waals surface area contributed by atoms with E-state index in [1.807, 2.05) is 38.1 Å². The first-order chi connectivity index (χ1) is 16.6. The lowest BCUT2D eigenvalue weighted by molar-refractivity contribution is 0.313. The molecule has 3 N–H and O–H groups in total.